The number of aliphatic imine (C=N–C) groups is 1. The van der Waals surface area contributed by atoms with Gasteiger partial charge in [0.25, 0.3) is 5.91 Å². The molecule has 0 atom stereocenters. The summed E-state index contributed by atoms with van der Waals surface area (Å²) in [6.07, 6.45) is 0.0961. The van der Waals surface area contributed by atoms with E-state index in [9.17, 15) is 9.59 Å². The third-order valence-electron chi connectivity index (χ3n) is 3.67. The zero-order valence-electron chi connectivity index (χ0n) is 13.0. The van der Waals surface area contributed by atoms with Crippen LogP contribution >= 0.6 is 0 Å². The molecule has 0 unspecified atom stereocenters. The predicted molar refractivity (Wildman–Crippen MR) is 90.4 cm³/mol. The van der Waals surface area contributed by atoms with Crippen molar-refractivity contribution < 1.29 is 9.59 Å². The van der Waals surface area contributed by atoms with Gasteiger partial charge in [-0.2, -0.15) is 5.26 Å². The van der Waals surface area contributed by atoms with E-state index in [0.29, 0.717) is 28.2 Å². The van der Waals surface area contributed by atoms with Gasteiger partial charge in [0.2, 0.25) is 5.91 Å². The molecule has 118 valence electrons. The number of hydrogen-bond donors (Lipinski definition) is 2. The largest absolute Gasteiger partial charge is 0.355 e. The van der Waals surface area contributed by atoms with Crippen molar-refractivity contribution >= 4 is 28.9 Å². The Bertz CT molecular complexity index is 909. The lowest BCUT2D eigenvalue weighted by Gasteiger charge is -2.07. The van der Waals surface area contributed by atoms with Crippen LogP contribution in [0.15, 0.2) is 47.5 Å². The van der Waals surface area contributed by atoms with Gasteiger partial charge in [-0.15, -0.1) is 0 Å². The fraction of sp³-hybridized carbons (Fsp3) is 0.111. The van der Waals surface area contributed by atoms with Gasteiger partial charge in [0, 0.05) is 12.6 Å². The van der Waals surface area contributed by atoms with Gasteiger partial charge in [0.05, 0.1) is 35.1 Å². The first kappa shape index (κ1) is 15.4. The average molecular weight is 318 g/mol. The van der Waals surface area contributed by atoms with Crippen LogP contribution in [0, 0.1) is 11.3 Å². The molecule has 0 fully saturated rings. The number of anilines is 1. The Morgan fingerprint density at radius 1 is 1.29 bits per heavy atom. The minimum Gasteiger partial charge on any atom is -0.355 e. The molecule has 0 aromatic heterocycles. The first-order chi connectivity index (χ1) is 11.6. The summed E-state index contributed by atoms with van der Waals surface area (Å²) in [4.78, 5) is 28.5. The molecule has 1 heterocycles. The summed E-state index contributed by atoms with van der Waals surface area (Å²) in [6.45, 7) is 0. The Hall–Kier alpha value is -3.46. The number of hydrogen-bond acceptors (Lipinski definition) is 4. The maximum absolute atomic E-state index is 12.2. The van der Waals surface area contributed by atoms with Crippen molar-refractivity contribution in [3.63, 3.8) is 0 Å². The van der Waals surface area contributed by atoms with Crippen LogP contribution in [0.3, 0.4) is 0 Å². The molecule has 2 aromatic rings. The van der Waals surface area contributed by atoms with Gasteiger partial charge in [-0.3, -0.25) is 14.6 Å². The van der Waals surface area contributed by atoms with E-state index in [0.717, 1.165) is 5.56 Å². The number of nitrogens with one attached hydrogen (secondary N) is 2. The van der Waals surface area contributed by atoms with E-state index in [1.165, 1.54) is 0 Å². The van der Waals surface area contributed by atoms with Gasteiger partial charge in [-0.1, -0.05) is 12.1 Å². The van der Waals surface area contributed by atoms with Gasteiger partial charge in [-0.05, 0) is 35.9 Å². The van der Waals surface area contributed by atoms with Crippen LogP contribution in [-0.4, -0.2) is 24.6 Å². The SMILES string of the molecule is CNC(=O)c1ccc2c(c1)NC(=O)CC(c1cccc(C#N)c1)=N2. The third-order valence-corrected chi connectivity index (χ3v) is 3.67. The maximum Gasteiger partial charge on any atom is 0.251 e. The van der Waals surface area contributed by atoms with Crippen LogP contribution in [0.5, 0.6) is 0 Å². The summed E-state index contributed by atoms with van der Waals surface area (Å²) in [5.41, 5.74) is 3.33. The van der Waals surface area contributed by atoms with Crippen LogP contribution in [0.2, 0.25) is 0 Å². The van der Waals surface area contributed by atoms with Crippen LogP contribution in [0.4, 0.5) is 11.4 Å². The molecule has 0 spiro atoms. The number of carbonyl (C=O) groups excluding carboxylic acids is 2. The molecule has 6 heteroatoms. The van der Waals surface area contributed by atoms with Crippen molar-refractivity contribution in [3.8, 4) is 6.07 Å². The van der Waals surface area contributed by atoms with Crippen molar-refractivity contribution in [1.29, 1.82) is 5.26 Å². The second-order valence-electron chi connectivity index (χ2n) is 5.29. The van der Waals surface area contributed by atoms with E-state index >= 15 is 0 Å². The summed E-state index contributed by atoms with van der Waals surface area (Å²) < 4.78 is 0. The normalized spacial score (nSPS) is 13.0. The van der Waals surface area contributed by atoms with Crippen molar-refractivity contribution in [3.05, 3.63) is 59.2 Å². The summed E-state index contributed by atoms with van der Waals surface area (Å²) in [7, 11) is 1.55. The molecule has 1 aliphatic heterocycles. The van der Waals surface area contributed by atoms with E-state index in [4.69, 9.17) is 5.26 Å². The minimum absolute atomic E-state index is 0.0961. The molecular formula is C18H14N4O2. The fourth-order valence-corrected chi connectivity index (χ4v) is 2.49. The van der Waals surface area contributed by atoms with Crippen molar-refractivity contribution in [2.75, 3.05) is 12.4 Å². The van der Waals surface area contributed by atoms with E-state index in [1.54, 1.807) is 43.4 Å². The van der Waals surface area contributed by atoms with Gasteiger partial charge in [0.1, 0.15) is 0 Å². The fourth-order valence-electron chi connectivity index (χ4n) is 2.49. The summed E-state index contributed by atoms with van der Waals surface area (Å²) >= 11 is 0. The number of amides is 2. The molecule has 1 aliphatic rings. The van der Waals surface area contributed by atoms with Crippen LogP contribution in [0.25, 0.3) is 0 Å². The number of nitriles is 1. The highest BCUT2D eigenvalue weighted by molar-refractivity contribution is 6.17. The van der Waals surface area contributed by atoms with Gasteiger partial charge < -0.3 is 10.6 Å². The lowest BCUT2D eigenvalue weighted by molar-refractivity contribution is -0.115. The van der Waals surface area contributed by atoms with E-state index in [2.05, 4.69) is 21.7 Å². The minimum atomic E-state index is -0.234. The first-order valence-electron chi connectivity index (χ1n) is 7.35. The topological polar surface area (TPSA) is 94.4 Å². The standard InChI is InChI=1S/C18H14N4O2/c1-20-18(24)13-5-6-14-16(8-13)22-17(23)9-15(21-14)12-4-2-3-11(7-12)10-19/h2-8H,9H2,1H3,(H,20,24)(H,22,23). The highest BCUT2D eigenvalue weighted by Gasteiger charge is 2.18. The summed E-state index contributed by atoms with van der Waals surface area (Å²) in [6, 6.07) is 14.0. The Morgan fingerprint density at radius 2 is 2.12 bits per heavy atom. The maximum atomic E-state index is 12.2. The average Bonchev–Trinajstić information content (AvgIpc) is 2.78. The molecule has 2 aromatic carbocycles. The number of benzene rings is 2. The molecule has 6 nitrogen and oxygen atoms in total. The van der Waals surface area contributed by atoms with Crippen molar-refractivity contribution in [1.82, 2.24) is 5.32 Å². The Balaban J connectivity index is 2.07. The van der Waals surface area contributed by atoms with E-state index < -0.39 is 0 Å². The Morgan fingerprint density at radius 3 is 2.88 bits per heavy atom. The lowest BCUT2D eigenvalue weighted by Crippen LogP contribution is -2.18. The molecule has 24 heavy (non-hydrogen) atoms. The van der Waals surface area contributed by atoms with E-state index in [-0.39, 0.29) is 18.2 Å². The summed E-state index contributed by atoms with van der Waals surface area (Å²) in [5.74, 6) is -0.453. The monoisotopic (exact) mass is 318 g/mol. The Labute approximate surface area is 138 Å². The zero-order chi connectivity index (χ0) is 17.1. The third kappa shape index (κ3) is 3.01. The highest BCUT2D eigenvalue weighted by atomic mass is 16.2. The van der Waals surface area contributed by atoms with Crippen LogP contribution in [-0.2, 0) is 4.79 Å². The molecule has 2 amide bonds. The predicted octanol–water partition coefficient (Wildman–Crippen LogP) is 2.38. The highest BCUT2D eigenvalue weighted by Crippen LogP contribution is 2.30. The molecule has 3 rings (SSSR count). The smallest absolute Gasteiger partial charge is 0.251 e. The molecule has 2 N–H and O–H groups in total. The number of rotatable bonds is 2. The van der Waals surface area contributed by atoms with Gasteiger partial charge >= 0.3 is 0 Å². The number of carbonyl (C=O) groups is 2. The van der Waals surface area contributed by atoms with Crippen LogP contribution in [0.1, 0.15) is 27.9 Å². The van der Waals surface area contributed by atoms with Gasteiger partial charge in [-0.25, -0.2) is 0 Å². The number of nitrogens with zero attached hydrogens (tertiary/aromatic N) is 2. The molecule has 0 aliphatic carbocycles. The molecule has 0 saturated carbocycles. The first-order valence-corrected chi connectivity index (χ1v) is 7.35. The number of fused-ring (bicyclic) bond motifs is 1. The van der Waals surface area contributed by atoms with Gasteiger partial charge in [0.15, 0.2) is 0 Å². The molecule has 0 saturated heterocycles. The lowest BCUT2D eigenvalue weighted by atomic mass is 10.0. The molecule has 0 bridgehead atoms. The van der Waals surface area contributed by atoms with Crippen molar-refractivity contribution in [2.24, 2.45) is 4.99 Å². The summed E-state index contributed by atoms with van der Waals surface area (Å²) in [5, 5.41) is 14.3. The van der Waals surface area contributed by atoms with Crippen LogP contribution < -0.4 is 10.6 Å². The zero-order valence-corrected chi connectivity index (χ0v) is 13.0. The Kier molecular flexibility index (Phi) is 4.08. The molecular weight excluding hydrogens is 304 g/mol. The van der Waals surface area contributed by atoms with E-state index in [1.807, 2.05) is 6.07 Å². The molecule has 0 radical (unpaired) electrons. The second kappa shape index (κ2) is 6.34. The second-order valence-corrected chi connectivity index (χ2v) is 5.29. The van der Waals surface area contributed by atoms with Crippen molar-refractivity contribution in [2.45, 2.75) is 6.42 Å². The quantitative estimate of drug-likeness (QED) is 0.890.